The number of rotatable bonds is 8. The number of Topliss-reactive ketones (excluding diaryl/α,β-unsaturated/α-hetero) is 1. The van der Waals surface area contributed by atoms with Crippen LogP contribution in [0, 0.1) is 0 Å². The van der Waals surface area contributed by atoms with E-state index in [4.69, 9.17) is 5.11 Å². The number of carbonyl (C=O) groups is 3. The molecule has 0 saturated carbocycles. The van der Waals surface area contributed by atoms with E-state index < -0.39 is 21.9 Å². The summed E-state index contributed by atoms with van der Waals surface area (Å²) in [6.45, 7) is 1.33. The number of nitrogens with zero attached hydrogens (tertiary/aromatic N) is 1. The fourth-order valence-electron chi connectivity index (χ4n) is 4.18. The van der Waals surface area contributed by atoms with E-state index in [2.05, 4.69) is 20.7 Å². The average molecular weight is 583 g/mol. The molecule has 1 aliphatic rings. The number of carbonyl (C=O) groups excluding carboxylic acids is 2. The maximum Gasteiger partial charge on any atom is 0.304 e. The van der Waals surface area contributed by atoms with Crippen LogP contribution < -0.4 is 4.72 Å². The van der Waals surface area contributed by atoms with Crippen molar-refractivity contribution in [3.63, 3.8) is 0 Å². The number of carboxylic acids is 1. The lowest BCUT2D eigenvalue weighted by atomic mass is 9.87. The van der Waals surface area contributed by atoms with Crippen LogP contribution in [0.4, 0.5) is 0 Å². The Balaban J connectivity index is 1.73. The Kier molecular flexibility index (Phi) is 7.72. The second-order valence-electron chi connectivity index (χ2n) is 8.40. The fraction of sp³-hybridized carbons (Fsp3) is 0.148. The van der Waals surface area contributed by atoms with Gasteiger partial charge in [-0.3, -0.25) is 19.3 Å². The van der Waals surface area contributed by atoms with Gasteiger partial charge in [0.15, 0.2) is 5.78 Å². The molecule has 10 heteroatoms. The summed E-state index contributed by atoms with van der Waals surface area (Å²) in [6, 6.07) is 20.4. The number of allylic oxidation sites excluding steroid dienone is 1. The van der Waals surface area contributed by atoms with E-state index in [1.165, 1.54) is 36.1 Å². The highest BCUT2D eigenvalue weighted by Crippen LogP contribution is 2.38. The van der Waals surface area contributed by atoms with Crippen LogP contribution in [-0.4, -0.2) is 42.6 Å². The topological polar surface area (TPSA) is 121 Å². The molecular formula is C27H23BrN2O6S. The van der Waals surface area contributed by atoms with E-state index in [1.54, 1.807) is 0 Å². The molecule has 1 amide bonds. The first-order valence-electron chi connectivity index (χ1n) is 11.3. The zero-order chi connectivity index (χ0) is 26.7. The Morgan fingerprint density at radius 3 is 2.30 bits per heavy atom. The maximum atomic E-state index is 13.7. The van der Waals surface area contributed by atoms with E-state index in [9.17, 15) is 22.8 Å². The summed E-state index contributed by atoms with van der Waals surface area (Å²) in [6.07, 6.45) is -0.354. The second kappa shape index (κ2) is 10.8. The van der Waals surface area contributed by atoms with Crippen LogP contribution in [0.3, 0.4) is 0 Å². The van der Waals surface area contributed by atoms with Crippen LogP contribution in [0.5, 0.6) is 0 Å². The molecule has 37 heavy (non-hydrogen) atoms. The Hall–Kier alpha value is -3.60. The van der Waals surface area contributed by atoms with E-state index in [1.807, 2.05) is 48.5 Å². The van der Waals surface area contributed by atoms with Gasteiger partial charge >= 0.3 is 5.97 Å². The van der Waals surface area contributed by atoms with Crippen molar-refractivity contribution in [1.29, 1.82) is 0 Å². The third-order valence-corrected chi connectivity index (χ3v) is 7.83. The van der Waals surface area contributed by atoms with Crippen LogP contribution >= 0.6 is 15.9 Å². The van der Waals surface area contributed by atoms with Gasteiger partial charge in [0, 0.05) is 29.1 Å². The van der Waals surface area contributed by atoms with E-state index in [-0.39, 0.29) is 41.4 Å². The van der Waals surface area contributed by atoms with Gasteiger partial charge in [-0.25, -0.2) is 13.1 Å². The summed E-state index contributed by atoms with van der Waals surface area (Å²) in [5.74, 6) is -1.85. The molecule has 3 aromatic rings. The first-order valence-corrected chi connectivity index (χ1v) is 13.6. The predicted octanol–water partition coefficient (Wildman–Crippen LogP) is 4.21. The van der Waals surface area contributed by atoms with Gasteiger partial charge in [0.25, 0.3) is 5.91 Å². The number of halogens is 1. The van der Waals surface area contributed by atoms with Crippen LogP contribution in [0.25, 0.3) is 5.57 Å². The zero-order valence-electron chi connectivity index (χ0n) is 19.8. The number of amides is 1. The van der Waals surface area contributed by atoms with Gasteiger partial charge in [-0.15, -0.1) is 0 Å². The Morgan fingerprint density at radius 2 is 1.68 bits per heavy atom. The minimum Gasteiger partial charge on any atom is -0.481 e. The maximum absolute atomic E-state index is 13.7. The Bertz CT molecular complexity index is 1520. The zero-order valence-corrected chi connectivity index (χ0v) is 22.2. The number of fused-ring (bicyclic) bond motifs is 1. The van der Waals surface area contributed by atoms with Crippen molar-refractivity contribution in [3.05, 3.63) is 105 Å². The number of hydrogen-bond donors (Lipinski definition) is 2. The normalized spacial score (nSPS) is 13.3. The van der Waals surface area contributed by atoms with E-state index in [0.717, 1.165) is 21.2 Å². The summed E-state index contributed by atoms with van der Waals surface area (Å²) in [5, 5.41) is 8.72. The molecule has 8 nitrogen and oxygen atoms in total. The highest BCUT2D eigenvalue weighted by atomic mass is 79.9. The quantitative estimate of drug-likeness (QED) is 0.410. The highest BCUT2D eigenvalue weighted by Gasteiger charge is 2.33. The molecule has 0 atom stereocenters. The summed E-state index contributed by atoms with van der Waals surface area (Å²) in [4.78, 5) is 38.6. The van der Waals surface area contributed by atoms with Crippen molar-refractivity contribution in [2.75, 3.05) is 6.54 Å². The Labute approximate surface area is 222 Å². The molecule has 0 spiro atoms. The molecule has 190 valence electrons. The lowest BCUT2D eigenvalue weighted by Gasteiger charge is -2.33. The van der Waals surface area contributed by atoms with Gasteiger partial charge in [-0.05, 0) is 53.1 Å². The van der Waals surface area contributed by atoms with Crippen molar-refractivity contribution in [3.8, 4) is 0 Å². The van der Waals surface area contributed by atoms with Crippen molar-refractivity contribution >= 4 is 49.2 Å². The number of carboxylic acid groups (broad SMARTS) is 1. The third kappa shape index (κ3) is 5.71. The monoisotopic (exact) mass is 582 g/mol. The first kappa shape index (κ1) is 26.5. The predicted molar refractivity (Wildman–Crippen MR) is 141 cm³/mol. The molecule has 4 rings (SSSR count). The molecule has 0 fully saturated rings. The van der Waals surface area contributed by atoms with Crippen molar-refractivity contribution in [2.45, 2.75) is 24.8 Å². The van der Waals surface area contributed by atoms with Gasteiger partial charge in [0.05, 0.1) is 23.6 Å². The number of aliphatic carboxylic acids is 1. The largest absolute Gasteiger partial charge is 0.481 e. The minimum atomic E-state index is -3.94. The van der Waals surface area contributed by atoms with Crippen LogP contribution in [0.15, 0.2) is 87.9 Å². The number of ketones is 1. The van der Waals surface area contributed by atoms with E-state index in [0.29, 0.717) is 5.57 Å². The van der Waals surface area contributed by atoms with Crippen LogP contribution in [0.1, 0.15) is 40.4 Å². The third-order valence-electron chi connectivity index (χ3n) is 5.86. The molecule has 2 N–H and O–H groups in total. The number of nitrogens with one attached hydrogen (secondary N) is 1. The van der Waals surface area contributed by atoms with Gasteiger partial charge in [-0.1, -0.05) is 52.3 Å². The van der Waals surface area contributed by atoms with Gasteiger partial charge < -0.3 is 5.11 Å². The van der Waals surface area contributed by atoms with Crippen LogP contribution in [-0.2, 0) is 26.2 Å². The highest BCUT2D eigenvalue weighted by molar-refractivity contribution is 9.10. The average Bonchev–Trinajstić information content (AvgIpc) is 2.87. The molecule has 3 aromatic carbocycles. The Morgan fingerprint density at radius 1 is 1.00 bits per heavy atom. The lowest BCUT2D eigenvalue weighted by Crippen LogP contribution is -2.36. The number of hydrogen-bond acceptors (Lipinski definition) is 5. The van der Waals surface area contributed by atoms with Crippen LogP contribution in [0.2, 0.25) is 0 Å². The summed E-state index contributed by atoms with van der Waals surface area (Å²) < 4.78 is 28.0. The minimum absolute atomic E-state index is 0.101. The summed E-state index contributed by atoms with van der Waals surface area (Å²) in [7, 11) is -3.94. The molecule has 1 heterocycles. The fourth-order valence-corrected chi connectivity index (χ4v) is 5.57. The standard InChI is InChI=1S/C27H23BrN2O6S/c1-17(31)26-25(18-5-3-2-4-6-18)23-15-21(28)10-7-20(23)16-30(26)27(34)19-8-11-22(12-9-19)37(35,36)29-14-13-24(32)33/h2-12,15,29H,13-14,16H2,1H3,(H,32,33). The molecule has 1 aliphatic heterocycles. The summed E-state index contributed by atoms with van der Waals surface area (Å²) >= 11 is 3.50. The molecule has 0 unspecified atom stereocenters. The van der Waals surface area contributed by atoms with Gasteiger partial charge in [0.1, 0.15) is 0 Å². The number of sulfonamides is 1. The van der Waals surface area contributed by atoms with Crippen molar-refractivity contribution in [2.24, 2.45) is 0 Å². The molecule has 0 aliphatic carbocycles. The molecule has 0 aromatic heterocycles. The molecule has 0 bridgehead atoms. The second-order valence-corrected chi connectivity index (χ2v) is 11.1. The SMILES string of the molecule is CC(=O)C1=C(c2ccccc2)c2cc(Br)ccc2CN1C(=O)c1ccc(S(=O)(=O)NCCC(=O)O)cc1. The van der Waals surface area contributed by atoms with E-state index >= 15 is 0 Å². The first-order chi connectivity index (χ1) is 17.6. The van der Waals surface area contributed by atoms with Gasteiger partial charge in [0.2, 0.25) is 10.0 Å². The smallest absolute Gasteiger partial charge is 0.304 e. The lowest BCUT2D eigenvalue weighted by molar-refractivity contribution is -0.136. The molecular weight excluding hydrogens is 560 g/mol. The van der Waals surface area contributed by atoms with Gasteiger partial charge in [-0.2, -0.15) is 0 Å². The number of benzene rings is 3. The molecule has 0 radical (unpaired) electrons. The van der Waals surface area contributed by atoms with Crippen molar-refractivity contribution < 1.29 is 27.9 Å². The summed E-state index contributed by atoms with van der Waals surface area (Å²) in [5.41, 5.74) is 3.61. The van der Waals surface area contributed by atoms with Crippen molar-refractivity contribution in [1.82, 2.24) is 9.62 Å². The molecule has 0 saturated heterocycles.